The molecule has 2 aromatic carbocycles. The molecule has 0 saturated carbocycles. The number of hydrogen-bond acceptors (Lipinski definition) is 8. The summed E-state index contributed by atoms with van der Waals surface area (Å²) in [6, 6.07) is 15.3. The molecule has 2 atom stereocenters. The minimum absolute atomic E-state index is 0.0138. The summed E-state index contributed by atoms with van der Waals surface area (Å²) in [6.07, 6.45) is 10.2. The first-order chi connectivity index (χ1) is 23.4. The first-order valence-electron chi connectivity index (χ1n) is 16.7. The number of aryl methyl sites for hydroxylation is 4. The van der Waals surface area contributed by atoms with E-state index < -0.39 is 10.1 Å². The Balaban J connectivity index is 0.000000191. The lowest BCUT2D eigenvalue weighted by atomic mass is 9.96. The van der Waals surface area contributed by atoms with Crippen molar-refractivity contribution in [3.8, 4) is 0 Å². The molecule has 0 aliphatic carbocycles. The van der Waals surface area contributed by atoms with E-state index >= 15 is 0 Å². The molecule has 4 heterocycles. The fourth-order valence-electron chi connectivity index (χ4n) is 6.43. The Kier molecular flexibility index (Phi) is 11.3. The summed E-state index contributed by atoms with van der Waals surface area (Å²) in [5.41, 5.74) is 9.62. The van der Waals surface area contributed by atoms with Gasteiger partial charge in [-0.05, 0) is 130 Å². The van der Waals surface area contributed by atoms with E-state index in [4.69, 9.17) is 4.18 Å². The molecule has 1 N–H and O–H groups in total. The van der Waals surface area contributed by atoms with Crippen LogP contribution in [0.1, 0.15) is 92.4 Å². The molecular formula is C38H45N5O5S. The number of amides is 2. The summed E-state index contributed by atoms with van der Waals surface area (Å²) in [4.78, 5) is 37.9. The fourth-order valence-corrected chi connectivity index (χ4v) is 6.83. The van der Waals surface area contributed by atoms with E-state index in [1.54, 1.807) is 35.8 Å². The highest BCUT2D eigenvalue weighted by Gasteiger charge is 2.39. The number of nitrogens with one attached hydrogen (secondary N) is 1. The summed E-state index contributed by atoms with van der Waals surface area (Å²) < 4.78 is 27.4. The Hall–Kier alpha value is -4.45. The van der Waals surface area contributed by atoms with Gasteiger partial charge in [0.25, 0.3) is 21.9 Å². The van der Waals surface area contributed by atoms with Crippen LogP contribution in [0.2, 0.25) is 0 Å². The first kappa shape index (κ1) is 35.8. The molecule has 0 fully saturated rings. The molecule has 0 saturated heterocycles. The van der Waals surface area contributed by atoms with Crippen LogP contribution >= 0.6 is 0 Å². The average molecular weight is 684 g/mol. The number of fused-ring (bicyclic) bond motifs is 2. The van der Waals surface area contributed by atoms with Crippen molar-refractivity contribution in [2.45, 2.75) is 66.0 Å². The summed E-state index contributed by atoms with van der Waals surface area (Å²) in [7, 11) is -3.52. The lowest BCUT2D eigenvalue weighted by Gasteiger charge is -2.25. The van der Waals surface area contributed by atoms with Crippen LogP contribution in [0.15, 0.2) is 73.3 Å². The van der Waals surface area contributed by atoms with Gasteiger partial charge in [0, 0.05) is 23.5 Å². The van der Waals surface area contributed by atoms with Crippen molar-refractivity contribution in [3.63, 3.8) is 0 Å². The third-order valence-corrected chi connectivity index (χ3v) is 9.72. The van der Waals surface area contributed by atoms with Crippen LogP contribution in [0.3, 0.4) is 0 Å². The van der Waals surface area contributed by atoms with E-state index in [2.05, 4.69) is 42.1 Å². The predicted octanol–water partition coefficient (Wildman–Crippen LogP) is 6.56. The number of nitrogens with zero attached hydrogens (tertiary/aromatic N) is 4. The third kappa shape index (κ3) is 8.07. The molecule has 0 radical (unpaired) electrons. The van der Waals surface area contributed by atoms with Gasteiger partial charge < -0.3 is 5.32 Å². The second-order valence-corrected chi connectivity index (χ2v) is 14.3. The van der Waals surface area contributed by atoms with Crippen LogP contribution in [0.5, 0.6) is 0 Å². The molecule has 10 nitrogen and oxygen atoms in total. The lowest BCUT2D eigenvalue weighted by molar-refractivity contribution is 0.0981. The van der Waals surface area contributed by atoms with Crippen LogP contribution in [-0.2, 0) is 14.3 Å². The Morgan fingerprint density at radius 3 is 1.63 bits per heavy atom. The zero-order valence-corrected chi connectivity index (χ0v) is 29.9. The number of pyridine rings is 2. The first-order valence-corrected chi connectivity index (χ1v) is 18.5. The van der Waals surface area contributed by atoms with Crippen molar-refractivity contribution >= 4 is 33.3 Å². The SMILES string of the molecule is CCCNCCC1c2cc(C)c(C)cc2C(=O)N1c1cccnc1.Cc1cc2c(cc1C)C(CCOS(C)(=O)=O)N(c1cccnc1)C2=O. The molecular weight excluding hydrogens is 639 g/mol. The number of rotatable bonds is 11. The third-order valence-electron chi connectivity index (χ3n) is 9.13. The maximum atomic E-state index is 13.0. The summed E-state index contributed by atoms with van der Waals surface area (Å²) >= 11 is 0. The number of benzene rings is 2. The van der Waals surface area contributed by atoms with Crippen LogP contribution in [0.25, 0.3) is 0 Å². The van der Waals surface area contributed by atoms with E-state index in [9.17, 15) is 18.0 Å². The number of carbonyl (C=O) groups excluding carboxylic acids is 2. The van der Waals surface area contributed by atoms with E-state index in [0.717, 1.165) is 71.3 Å². The Morgan fingerprint density at radius 2 is 1.20 bits per heavy atom. The number of aromatic nitrogens is 2. The maximum Gasteiger partial charge on any atom is 0.264 e. The summed E-state index contributed by atoms with van der Waals surface area (Å²) in [5, 5.41) is 3.45. The molecule has 2 aliphatic rings. The quantitative estimate of drug-likeness (QED) is 0.140. The predicted molar refractivity (Wildman–Crippen MR) is 193 cm³/mol. The highest BCUT2D eigenvalue weighted by atomic mass is 32.2. The smallest absolute Gasteiger partial charge is 0.264 e. The molecule has 49 heavy (non-hydrogen) atoms. The van der Waals surface area contributed by atoms with Crippen LogP contribution in [0.4, 0.5) is 11.4 Å². The van der Waals surface area contributed by atoms with Gasteiger partial charge in [0.05, 0.1) is 48.7 Å². The zero-order chi connectivity index (χ0) is 35.3. The monoisotopic (exact) mass is 683 g/mol. The number of carbonyl (C=O) groups is 2. The van der Waals surface area contributed by atoms with E-state index in [1.807, 2.05) is 55.1 Å². The lowest BCUT2D eigenvalue weighted by Crippen LogP contribution is -2.30. The second kappa shape index (κ2) is 15.4. The van der Waals surface area contributed by atoms with Gasteiger partial charge in [0.15, 0.2) is 0 Å². The number of anilines is 2. The Bertz CT molecular complexity index is 1920. The molecule has 2 aromatic heterocycles. The van der Waals surface area contributed by atoms with Crippen molar-refractivity contribution in [1.82, 2.24) is 15.3 Å². The molecule has 0 bridgehead atoms. The van der Waals surface area contributed by atoms with Crippen molar-refractivity contribution in [2.75, 3.05) is 35.8 Å². The normalized spacial score (nSPS) is 16.8. The summed E-state index contributed by atoms with van der Waals surface area (Å²) in [5.74, 6) is -0.0166. The van der Waals surface area contributed by atoms with Crippen LogP contribution in [-0.4, -0.2) is 56.2 Å². The van der Waals surface area contributed by atoms with Crippen molar-refractivity contribution in [2.24, 2.45) is 0 Å². The second-order valence-electron chi connectivity index (χ2n) is 12.7. The fraction of sp³-hybridized carbons (Fsp3) is 0.368. The van der Waals surface area contributed by atoms with Gasteiger partial charge in [-0.3, -0.25) is 33.5 Å². The van der Waals surface area contributed by atoms with Crippen molar-refractivity contribution < 1.29 is 22.2 Å². The molecule has 2 amide bonds. The highest BCUT2D eigenvalue weighted by molar-refractivity contribution is 7.85. The van der Waals surface area contributed by atoms with Crippen LogP contribution < -0.4 is 15.1 Å². The standard InChI is InChI=1S/C20H25N3O.C18H20N2O4S/c1-4-8-21-10-7-19-17-11-14(2)15(3)12-18(17)20(24)23(19)16-6-5-9-22-13-16;1-12-9-15-16(10-13(12)2)18(21)20(14-5-4-7-19-11-14)17(15)6-8-24-25(3,22)23/h5-6,9,11-13,19,21H,4,7-8,10H2,1-3H3;4-5,7,9-11,17H,6,8H2,1-3H3. The van der Waals surface area contributed by atoms with Gasteiger partial charge in [-0.1, -0.05) is 19.1 Å². The van der Waals surface area contributed by atoms with Crippen molar-refractivity contribution in [3.05, 3.63) is 118 Å². The molecule has 258 valence electrons. The van der Waals surface area contributed by atoms with Gasteiger partial charge in [-0.25, -0.2) is 0 Å². The van der Waals surface area contributed by atoms with Crippen LogP contribution in [0, 0.1) is 27.7 Å². The minimum Gasteiger partial charge on any atom is -0.317 e. The zero-order valence-electron chi connectivity index (χ0n) is 29.1. The molecule has 4 aromatic rings. The number of hydrogen-bond donors (Lipinski definition) is 1. The Labute approximate surface area is 289 Å². The highest BCUT2D eigenvalue weighted by Crippen LogP contribution is 2.41. The van der Waals surface area contributed by atoms with E-state index in [-0.39, 0.29) is 30.5 Å². The molecule has 2 unspecified atom stereocenters. The maximum absolute atomic E-state index is 13.0. The Morgan fingerprint density at radius 1 is 0.735 bits per heavy atom. The van der Waals surface area contributed by atoms with E-state index in [1.165, 1.54) is 5.56 Å². The van der Waals surface area contributed by atoms with Gasteiger partial charge in [0.1, 0.15) is 0 Å². The topological polar surface area (TPSA) is 122 Å². The van der Waals surface area contributed by atoms with Gasteiger partial charge >= 0.3 is 0 Å². The van der Waals surface area contributed by atoms with Gasteiger partial charge in [-0.15, -0.1) is 0 Å². The average Bonchev–Trinajstić information content (AvgIpc) is 3.49. The van der Waals surface area contributed by atoms with Crippen molar-refractivity contribution in [1.29, 1.82) is 0 Å². The largest absolute Gasteiger partial charge is 0.317 e. The van der Waals surface area contributed by atoms with E-state index in [0.29, 0.717) is 17.7 Å². The summed E-state index contributed by atoms with van der Waals surface area (Å²) in [6.45, 7) is 12.2. The molecule has 6 rings (SSSR count). The van der Waals surface area contributed by atoms with Gasteiger partial charge in [0.2, 0.25) is 0 Å². The molecule has 0 spiro atoms. The minimum atomic E-state index is -3.52. The molecule has 2 aliphatic heterocycles. The van der Waals surface area contributed by atoms with Gasteiger partial charge in [-0.2, -0.15) is 8.42 Å². The molecule has 11 heteroatoms.